The average molecular weight is 652 g/mol. The maximum atomic E-state index is 13.9. The first kappa shape index (κ1) is 32.2. The van der Waals surface area contributed by atoms with Crippen LogP contribution in [0.15, 0.2) is 102 Å². The number of hydrogen-bond donors (Lipinski definition) is 4. The lowest BCUT2D eigenvalue weighted by molar-refractivity contribution is -0.118. The number of ether oxygens (including phenoxy) is 1. The van der Waals surface area contributed by atoms with Gasteiger partial charge in [0.2, 0.25) is 5.91 Å². The molecule has 47 heavy (non-hydrogen) atoms. The van der Waals surface area contributed by atoms with Gasteiger partial charge in [0, 0.05) is 37.5 Å². The Morgan fingerprint density at radius 2 is 1.66 bits per heavy atom. The predicted octanol–water partition coefficient (Wildman–Crippen LogP) is 4.85. The van der Waals surface area contributed by atoms with Gasteiger partial charge in [0.05, 0.1) is 23.8 Å². The van der Waals surface area contributed by atoms with Gasteiger partial charge in [-0.2, -0.15) is 5.10 Å². The summed E-state index contributed by atoms with van der Waals surface area (Å²) >= 11 is 1.64. The minimum absolute atomic E-state index is 0.00569. The Morgan fingerprint density at radius 3 is 2.38 bits per heavy atom. The number of carbonyl (C=O) groups is 2. The lowest BCUT2D eigenvalue weighted by Gasteiger charge is -2.31. The van der Waals surface area contributed by atoms with Crippen LogP contribution in [0.1, 0.15) is 29.0 Å². The van der Waals surface area contributed by atoms with Crippen molar-refractivity contribution in [2.24, 2.45) is 7.05 Å². The number of nitrogens with one attached hydrogen (secondary N) is 3. The molecule has 1 fully saturated rings. The number of para-hydroxylation sites is 1. The zero-order chi connectivity index (χ0) is 32.6. The lowest BCUT2D eigenvalue weighted by Crippen LogP contribution is -2.47. The average Bonchev–Trinajstić information content (AvgIpc) is 3.48. The van der Waals surface area contributed by atoms with Crippen molar-refractivity contribution in [3.63, 3.8) is 0 Å². The molecule has 3 heterocycles. The fourth-order valence-electron chi connectivity index (χ4n) is 5.99. The quantitative estimate of drug-likeness (QED) is 0.110. The first-order valence-electron chi connectivity index (χ1n) is 15.6. The van der Waals surface area contributed by atoms with E-state index in [2.05, 4.69) is 31.0 Å². The summed E-state index contributed by atoms with van der Waals surface area (Å²) in [6.07, 6.45) is 3.50. The van der Waals surface area contributed by atoms with Crippen molar-refractivity contribution in [3.05, 3.63) is 114 Å². The normalized spacial score (nSPS) is 17.0. The van der Waals surface area contributed by atoms with E-state index in [-0.39, 0.29) is 12.2 Å². The van der Waals surface area contributed by atoms with Crippen molar-refractivity contribution in [2.75, 3.05) is 24.2 Å². The maximum Gasteiger partial charge on any atom is 0.405 e. The maximum absolute atomic E-state index is 13.9. The van der Waals surface area contributed by atoms with E-state index < -0.39 is 24.0 Å². The fraction of sp³-hybridized carbons (Fsp3) is 0.286. The van der Waals surface area contributed by atoms with Crippen LogP contribution in [0.25, 0.3) is 11.0 Å². The van der Waals surface area contributed by atoms with Gasteiger partial charge in [-0.15, -0.1) is 11.8 Å². The standard InChI is InChI=1S/C35H37N7O4S/c1-42-32-28(20-39-42)34(38-22-37-32)47-21-27-19-36-18-26(46-27)17-16-23-10-8-9-15-29(23)40-33(43)31(41-35(44)45)30(24-11-4-2-5-12-24)25-13-6-3-7-14-25/h2-15,20,22,26-27,30-31,36,41H,16-19,21H2,1H3,(H,40,43)(H,44,45)/t26-,27+,31?/m1/s1. The Bertz CT molecular complexity index is 1760. The molecule has 0 saturated carbocycles. The van der Waals surface area contributed by atoms with E-state index in [9.17, 15) is 14.7 Å². The monoisotopic (exact) mass is 651 g/mol. The number of anilines is 1. The van der Waals surface area contributed by atoms with Crippen molar-refractivity contribution in [2.45, 2.75) is 42.0 Å². The van der Waals surface area contributed by atoms with Crippen LogP contribution >= 0.6 is 11.8 Å². The van der Waals surface area contributed by atoms with Crippen LogP contribution < -0.4 is 16.0 Å². The van der Waals surface area contributed by atoms with Gasteiger partial charge in [-0.3, -0.25) is 9.48 Å². The number of rotatable bonds is 12. The Labute approximate surface area is 277 Å². The van der Waals surface area contributed by atoms with E-state index in [0.29, 0.717) is 12.1 Å². The molecule has 11 nitrogen and oxygen atoms in total. The van der Waals surface area contributed by atoms with Gasteiger partial charge < -0.3 is 25.8 Å². The van der Waals surface area contributed by atoms with Crippen LogP contribution in [-0.4, -0.2) is 73.9 Å². The van der Waals surface area contributed by atoms with Gasteiger partial charge >= 0.3 is 6.09 Å². The summed E-state index contributed by atoms with van der Waals surface area (Å²) in [4.78, 5) is 34.7. The van der Waals surface area contributed by atoms with Crippen molar-refractivity contribution in [3.8, 4) is 0 Å². The predicted molar refractivity (Wildman–Crippen MR) is 182 cm³/mol. The van der Waals surface area contributed by atoms with E-state index in [4.69, 9.17) is 4.74 Å². The number of benzene rings is 3. The molecule has 5 aromatic rings. The summed E-state index contributed by atoms with van der Waals surface area (Å²) < 4.78 is 8.21. The van der Waals surface area contributed by atoms with Crippen molar-refractivity contribution >= 4 is 40.5 Å². The second kappa shape index (κ2) is 15.2. The summed E-state index contributed by atoms with van der Waals surface area (Å²) in [5, 5.41) is 24.9. The molecule has 0 aliphatic carbocycles. The summed E-state index contributed by atoms with van der Waals surface area (Å²) in [6.45, 7) is 1.48. The molecular weight excluding hydrogens is 614 g/mol. The molecule has 1 aliphatic rings. The molecule has 3 aromatic carbocycles. The van der Waals surface area contributed by atoms with Crippen molar-refractivity contribution in [1.29, 1.82) is 0 Å². The van der Waals surface area contributed by atoms with Crippen LogP contribution in [0.5, 0.6) is 0 Å². The van der Waals surface area contributed by atoms with Crippen LogP contribution in [-0.2, 0) is 23.0 Å². The molecule has 12 heteroatoms. The zero-order valence-electron chi connectivity index (χ0n) is 26.0. The van der Waals surface area contributed by atoms with E-state index in [1.165, 1.54) is 0 Å². The minimum Gasteiger partial charge on any atom is -0.465 e. The topological polar surface area (TPSA) is 143 Å². The van der Waals surface area contributed by atoms with Gasteiger partial charge in [0.1, 0.15) is 17.4 Å². The third-order valence-electron chi connectivity index (χ3n) is 8.25. The van der Waals surface area contributed by atoms with E-state index in [1.807, 2.05) is 92.0 Å². The Morgan fingerprint density at radius 1 is 0.979 bits per heavy atom. The van der Waals surface area contributed by atoms with Crippen LogP contribution in [0.2, 0.25) is 0 Å². The lowest BCUT2D eigenvalue weighted by atomic mass is 9.84. The Balaban J connectivity index is 1.12. The molecule has 1 unspecified atom stereocenters. The third-order valence-corrected chi connectivity index (χ3v) is 9.39. The molecule has 6 rings (SSSR count). The van der Waals surface area contributed by atoms with E-state index in [0.717, 1.165) is 58.0 Å². The number of hydrogen-bond acceptors (Lipinski definition) is 8. The first-order valence-corrected chi connectivity index (χ1v) is 16.5. The van der Waals surface area contributed by atoms with Gasteiger partial charge in [-0.05, 0) is 35.6 Å². The highest BCUT2D eigenvalue weighted by Gasteiger charge is 2.33. The van der Waals surface area contributed by atoms with Gasteiger partial charge in [0.15, 0.2) is 5.65 Å². The largest absolute Gasteiger partial charge is 0.465 e. The zero-order valence-corrected chi connectivity index (χ0v) is 26.8. The molecule has 0 radical (unpaired) electrons. The molecule has 242 valence electrons. The second-order valence-electron chi connectivity index (χ2n) is 11.4. The smallest absolute Gasteiger partial charge is 0.405 e. The minimum atomic E-state index is -1.27. The number of thioether (sulfide) groups is 1. The number of amides is 2. The highest BCUT2D eigenvalue weighted by atomic mass is 32.2. The molecule has 4 N–H and O–H groups in total. The molecule has 1 saturated heterocycles. The summed E-state index contributed by atoms with van der Waals surface area (Å²) in [5.74, 6) is -0.231. The van der Waals surface area contributed by atoms with E-state index >= 15 is 0 Å². The number of aryl methyl sites for hydroxylation is 2. The number of carboxylic acid groups (broad SMARTS) is 1. The highest BCUT2D eigenvalue weighted by Crippen LogP contribution is 2.30. The Kier molecular flexibility index (Phi) is 10.4. The van der Waals surface area contributed by atoms with Gasteiger partial charge in [-0.25, -0.2) is 14.8 Å². The summed E-state index contributed by atoms with van der Waals surface area (Å²) in [7, 11) is 1.86. The molecule has 2 aromatic heterocycles. The van der Waals surface area contributed by atoms with Crippen LogP contribution in [0.4, 0.5) is 10.5 Å². The summed E-state index contributed by atoms with van der Waals surface area (Å²) in [6, 6.07) is 25.5. The number of morpholine rings is 1. The van der Waals surface area contributed by atoms with Gasteiger partial charge in [-0.1, -0.05) is 78.9 Å². The SMILES string of the molecule is Cn1ncc2c(SC[C@@H]3CNC[C@@H](CCc4ccccc4NC(=O)C(NC(=O)O)C(c4ccccc4)c4ccccc4)O3)ncnc21. The van der Waals surface area contributed by atoms with Crippen LogP contribution in [0.3, 0.4) is 0 Å². The van der Waals surface area contributed by atoms with Crippen molar-refractivity contribution in [1.82, 2.24) is 30.4 Å². The van der Waals surface area contributed by atoms with Crippen LogP contribution in [0, 0.1) is 0 Å². The number of fused-ring (bicyclic) bond motifs is 1. The highest BCUT2D eigenvalue weighted by molar-refractivity contribution is 7.99. The number of nitrogens with zero attached hydrogens (tertiary/aromatic N) is 4. The molecule has 3 atom stereocenters. The first-order chi connectivity index (χ1) is 23.0. The molecular formula is C35H37N7O4S. The fourth-order valence-corrected chi connectivity index (χ4v) is 6.95. The third kappa shape index (κ3) is 7.97. The molecule has 0 spiro atoms. The molecule has 2 amide bonds. The molecule has 1 aliphatic heterocycles. The van der Waals surface area contributed by atoms with Gasteiger partial charge in [0.25, 0.3) is 0 Å². The number of aromatic nitrogens is 4. The van der Waals surface area contributed by atoms with Crippen molar-refractivity contribution < 1.29 is 19.4 Å². The van der Waals surface area contributed by atoms with E-state index in [1.54, 1.807) is 29.0 Å². The second-order valence-corrected chi connectivity index (χ2v) is 12.5. The summed E-state index contributed by atoms with van der Waals surface area (Å²) in [5.41, 5.74) is 4.07. The Hall–Kier alpha value is -4.78. The molecule has 0 bridgehead atoms. The number of carbonyl (C=O) groups excluding carboxylic acids is 1.